The number of carbonyl (C=O) groups excluding carboxylic acids is 1. The van der Waals surface area contributed by atoms with Crippen LogP contribution in [-0.2, 0) is 4.79 Å². The third kappa shape index (κ3) is 5.02. The van der Waals surface area contributed by atoms with Crippen LogP contribution in [0.3, 0.4) is 0 Å². The van der Waals surface area contributed by atoms with Gasteiger partial charge >= 0.3 is 0 Å². The zero-order valence-electron chi connectivity index (χ0n) is 14.5. The highest BCUT2D eigenvalue weighted by Crippen LogP contribution is 2.29. The molecular weight excluding hydrogens is 304 g/mol. The van der Waals surface area contributed by atoms with Crippen molar-refractivity contribution in [1.82, 2.24) is 4.90 Å². The summed E-state index contributed by atoms with van der Waals surface area (Å²) < 4.78 is 10.6. The van der Waals surface area contributed by atoms with E-state index in [1.807, 2.05) is 17.0 Å². The molecular formula is C19H24N2O3. The Morgan fingerprint density at radius 2 is 2.17 bits per heavy atom. The van der Waals surface area contributed by atoms with Crippen molar-refractivity contribution in [2.45, 2.75) is 32.7 Å². The van der Waals surface area contributed by atoms with Gasteiger partial charge in [0.05, 0.1) is 7.11 Å². The molecule has 0 atom stereocenters. The fourth-order valence-electron chi connectivity index (χ4n) is 2.48. The van der Waals surface area contributed by atoms with Crippen molar-refractivity contribution in [2.24, 2.45) is 5.92 Å². The molecule has 5 heteroatoms. The van der Waals surface area contributed by atoms with Crippen LogP contribution in [0.15, 0.2) is 24.3 Å². The van der Waals surface area contributed by atoms with E-state index in [0.717, 1.165) is 24.9 Å². The highest BCUT2D eigenvalue weighted by Gasteiger charge is 2.31. The average molecular weight is 328 g/mol. The molecule has 0 heterocycles. The van der Waals surface area contributed by atoms with Crippen molar-refractivity contribution in [3.8, 4) is 17.6 Å². The molecule has 0 N–H and O–H groups in total. The van der Waals surface area contributed by atoms with Gasteiger partial charge in [-0.05, 0) is 42.5 Å². The molecule has 0 aromatic heterocycles. The molecule has 128 valence electrons. The second-order valence-corrected chi connectivity index (χ2v) is 6.31. The van der Waals surface area contributed by atoms with E-state index >= 15 is 0 Å². The van der Waals surface area contributed by atoms with E-state index in [9.17, 15) is 4.79 Å². The van der Waals surface area contributed by atoms with E-state index in [4.69, 9.17) is 14.7 Å². The number of rotatable bonds is 8. The summed E-state index contributed by atoms with van der Waals surface area (Å²) in [5.74, 6) is 1.57. The quantitative estimate of drug-likeness (QED) is 0.687. The van der Waals surface area contributed by atoms with Crippen molar-refractivity contribution >= 4 is 12.0 Å². The van der Waals surface area contributed by atoms with Crippen molar-refractivity contribution < 1.29 is 14.3 Å². The summed E-state index contributed by atoms with van der Waals surface area (Å²) in [7, 11) is 1.55. The molecule has 1 saturated carbocycles. The van der Waals surface area contributed by atoms with Crippen LogP contribution in [0, 0.1) is 17.2 Å². The molecule has 1 aromatic carbocycles. The molecule has 0 unspecified atom stereocenters. The van der Waals surface area contributed by atoms with E-state index in [1.54, 1.807) is 31.4 Å². The van der Waals surface area contributed by atoms with Crippen LogP contribution in [0.2, 0.25) is 0 Å². The highest BCUT2D eigenvalue weighted by atomic mass is 16.5. The van der Waals surface area contributed by atoms with Gasteiger partial charge in [-0.1, -0.05) is 19.9 Å². The Hall–Kier alpha value is -2.48. The van der Waals surface area contributed by atoms with Crippen LogP contribution in [-0.4, -0.2) is 37.1 Å². The van der Waals surface area contributed by atoms with Crippen molar-refractivity contribution in [1.29, 1.82) is 5.26 Å². The van der Waals surface area contributed by atoms with E-state index in [-0.39, 0.29) is 12.5 Å². The normalized spacial score (nSPS) is 13.8. The zero-order valence-corrected chi connectivity index (χ0v) is 14.5. The largest absolute Gasteiger partial charge is 0.493 e. The second kappa shape index (κ2) is 8.39. The fourth-order valence-corrected chi connectivity index (χ4v) is 2.48. The molecule has 0 saturated heterocycles. The topological polar surface area (TPSA) is 62.6 Å². The number of nitrogens with zero attached hydrogens (tertiary/aromatic N) is 2. The number of amides is 1. The first-order valence-electron chi connectivity index (χ1n) is 8.21. The van der Waals surface area contributed by atoms with Gasteiger partial charge in [-0.15, -0.1) is 0 Å². The smallest absolute Gasteiger partial charge is 0.246 e. The maximum Gasteiger partial charge on any atom is 0.246 e. The SMILES string of the molecule is COc1cc(/C=C/C(=O)N(CC(C)C)C2CC2)ccc1OCC#N. The third-order valence-electron chi connectivity index (χ3n) is 3.73. The summed E-state index contributed by atoms with van der Waals surface area (Å²) in [6.07, 6.45) is 5.61. The molecule has 2 rings (SSSR count). The first-order valence-corrected chi connectivity index (χ1v) is 8.21. The summed E-state index contributed by atoms with van der Waals surface area (Å²) in [4.78, 5) is 14.4. The molecule has 5 nitrogen and oxygen atoms in total. The van der Waals surface area contributed by atoms with Crippen LogP contribution in [0.1, 0.15) is 32.3 Å². The summed E-state index contributed by atoms with van der Waals surface area (Å²) >= 11 is 0. The average Bonchev–Trinajstić information content (AvgIpc) is 3.40. The van der Waals surface area contributed by atoms with Crippen molar-refractivity contribution in [3.05, 3.63) is 29.8 Å². The van der Waals surface area contributed by atoms with Gasteiger partial charge in [-0.3, -0.25) is 4.79 Å². The molecule has 1 amide bonds. The second-order valence-electron chi connectivity index (χ2n) is 6.31. The fraction of sp³-hybridized carbons (Fsp3) is 0.474. The van der Waals surface area contributed by atoms with Gasteiger partial charge in [0.1, 0.15) is 6.07 Å². The minimum absolute atomic E-state index is 0.0322. The van der Waals surface area contributed by atoms with Gasteiger partial charge in [0, 0.05) is 18.7 Å². The van der Waals surface area contributed by atoms with Crippen LogP contribution >= 0.6 is 0 Å². The van der Waals surface area contributed by atoms with Gasteiger partial charge in [-0.2, -0.15) is 5.26 Å². The predicted molar refractivity (Wildman–Crippen MR) is 92.7 cm³/mol. The van der Waals surface area contributed by atoms with E-state index < -0.39 is 0 Å². The number of hydrogen-bond donors (Lipinski definition) is 0. The highest BCUT2D eigenvalue weighted by molar-refractivity contribution is 5.92. The Labute approximate surface area is 143 Å². The molecule has 0 spiro atoms. The molecule has 0 radical (unpaired) electrons. The van der Waals surface area contributed by atoms with Crippen LogP contribution in [0.25, 0.3) is 6.08 Å². The minimum atomic E-state index is -0.0322. The Balaban J connectivity index is 2.07. The Morgan fingerprint density at radius 1 is 1.42 bits per heavy atom. The summed E-state index contributed by atoms with van der Waals surface area (Å²) in [5, 5.41) is 8.59. The molecule has 1 aromatic rings. The van der Waals surface area contributed by atoms with Gasteiger partial charge in [0.25, 0.3) is 0 Å². The number of carbonyl (C=O) groups is 1. The Morgan fingerprint density at radius 3 is 2.75 bits per heavy atom. The Bertz CT molecular complexity index is 643. The first-order chi connectivity index (χ1) is 11.5. The lowest BCUT2D eigenvalue weighted by atomic mass is 10.1. The van der Waals surface area contributed by atoms with E-state index in [1.165, 1.54) is 0 Å². The number of nitriles is 1. The molecule has 0 aliphatic heterocycles. The van der Waals surface area contributed by atoms with Gasteiger partial charge < -0.3 is 14.4 Å². The number of hydrogen-bond acceptors (Lipinski definition) is 4. The van der Waals surface area contributed by atoms with Crippen LogP contribution < -0.4 is 9.47 Å². The van der Waals surface area contributed by atoms with E-state index in [0.29, 0.717) is 23.5 Å². The van der Waals surface area contributed by atoms with Gasteiger partial charge in [0.15, 0.2) is 18.1 Å². The summed E-state index contributed by atoms with van der Waals surface area (Å²) in [5.41, 5.74) is 0.852. The standard InChI is InChI=1S/C19H24N2O3/c1-14(2)13-21(16-6-7-16)19(22)9-5-15-4-8-17(24-11-10-20)18(12-15)23-3/h4-5,8-9,12,14,16H,6-7,11,13H2,1-3H3/b9-5+. The maximum atomic E-state index is 12.4. The van der Waals surface area contributed by atoms with Crippen molar-refractivity contribution in [3.63, 3.8) is 0 Å². The molecule has 0 bridgehead atoms. The molecule has 24 heavy (non-hydrogen) atoms. The monoisotopic (exact) mass is 328 g/mol. The maximum absolute atomic E-state index is 12.4. The Kier molecular flexibility index (Phi) is 6.25. The lowest BCUT2D eigenvalue weighted by Crippen LogP contribution is -2.34. The molecule has 1 aliphatic rings. The first kappa shape index (κ1) is 17.9. The lowest BCUT2D eigenvalue weighted by molar-refractivity contribution is -0.127. The molecule has 1 aliphatic carbocycles. The lowest BCUT2D eigenvalue weighted by Gasteiger charge is -2.22. The van der Waals surface area contributed by atoms with Gasteiger partial charge in [-0.25, -0.2) is 0 Å². The van der Waals surface area contributed by atoms with Gasteiger partial charge in [0.2, 0.25) is 5.91 Å². The predicted octanol–water partition coefficient (Wildman–Crippen LogP) is 3.26. The number of ether oxygens (including phenoxy) is 2. The number of methoxy groups -OCH3 is 1. The number of benzene rings is 1. The summed E-state index contributed by atoms with van der Waals surface area (Å²) in [6.45, 7) is 5.00. The minimum Gasteiger partial charge on any atom is -0.493 e. The summed E-state index contributed by atoms with van der Waals surface area (Å²) in [6, 6.07) is 7.70. The van der Waals surface area contributed by atoms with E-state index in [2.05, 4.69) is 13.8 Å². The van der Waals surface area contributed by atoms with Crippen molar-refractivity contribution in [2.75, 3.05) is 20.3 Å². The van der Waals surface area contributed by atoms with Crippen LogP contribution in [0.4, 0.5) is 0 Å². The third-order valence-corrected chi connectivity index (χ3v) is 3.73. The molecule has 1 fully saturated rings. The van der Waals surface area contributed by atoms with Crippen LogP contribution in [0.5, 0.6) is 11.5 Å². The zero-order chi connectivity index (χ0) is 17.5.